The molecular weight excluding hydrogens is 288 g/mol. The van der Waals surface area contributed by atoms with Crippen LogP contribution in [0.5, 0.6) is 0 Å². The van der Waals surface area contributed by atoms with Crippen molar-refractivity contribution in [3.05, 3.63) is 23.8 Å². The average Bonchev–Trinajstić information content (AvgIpc) is 2.41. The predicted octanol–water partition coefficient (Wildman–Crippen LogP) is 2.37. The van der Waals surface area contributed by atoms with Gasteiger partial charge in [0.1, 0.15) is 5.25 Å². The Kier molecular flexibility index (Phi) is 5.78. The highest BCUT2D eigenvalue weighted by Crippen LogP contribution is 2.21. The molecule has 1 amide bonds. The first-order valence-electron chi connectivity index (χ1n) is 7.02. The molecule has 3 N–H and O–H groups in total. The Bertz CT molecular complexity index is 609. The van der Waals surface area contributed by atoms with Crippen LogP contribution in [0.2, 0.25) is 0 Å². The maximum absolute atomic E-state index is 12.1. The van der Waals surface area contributed by atoms with Gasteiger partial charge in [0.15, 0.2) is 9.84 Å². The molecule has 1 rings (SSSR count). The molecule has 0 aliphatic heterocycles. The number of hydrogen-bond donors (Lipinski definition) is 2. The Balaban J connectivity index is 2.81. The summed E-state index contributed by atoms with van der Waals surface area (Å²) < 4.78 is 24.3. The van der Waals surface area contributed by atoms with Crippen LogP contribution in [0.1, 0.15) is 32.8 Å². The van der Waals surface area contributed by atoms with Crippen LogP contribution < -0.4 is 11.1 Å². The van der Waals surface area contributed by atoms with Crippen LogP contribution in [0.3, 0.4) is 0 Å². The lowest BCUT2D eigenvalue weighted by Crippen LogP contribution is -2.34. The highest BCUT2D eigenvalue weighted by molar-refractivity contribution is 7.92. The van der Waals surface area contributed by atoms with E-state index in [1.165, 1.54) is 6.92 Å². The number of anilines is 2. The van der Waals surface area contributed by atoms with Gasteiger partial charge in [-0.2, -0.15) is 0 Å². The van der Waals surface area contributed by atoms with E-state index in [2.05, 4.69) is 5.32 Å². The fourth-order valence-electron chi connectivity index (χ4n) is 1.76. The first kappa shape index (κ1) is 17.5. The van der Waals surface area contributed by atoms with Crippen LogP contribution in [0.4, 0.5) is 11.4 Å². The van der Waals surface area contributed by atoms with Crippen LogP contribution in [0, 0.1) is 12.8 Å². The SMILES string of the molecule is Cc1c(N)cccc1NC(=O)C(C)S(=O)(=O)CCC(C)C. The number of hydrogen-bond acceptors (Lipinski definition) is 4. The average molecular weight is 312 g/mol. The molecule has 5 nitrogen and oxygen atoms in total. The number of carbonyl (C=O) groups is 1. The van der Waals surface area contributed by atoms with Gasteiger partial charge in [-0.15, -0.1) is 0 Å². The fourth-order valence-corrected chi connectivity index (χ4v) is 3.30. The monoisotopic (exact) mass is 312 g/mol. The minimum atomic E-state index is -3.44. The van der Waals surface area contributed by atoms with Gasteiger partial charge in [0.05, 0.1) is 5.75 Å². The molecule has 6 heteroatoms. The Labute approximate surface area is 126 Å². The van der Waals surface area contributed by atoms with Crippen molar-refractivity contribution in [2.45, 2.75) is 39.4 Å². The summed E-state index contributed by atoms with van der Waals surface area (Å²) in [6, 6.07) is 5.15. The van der Waals surface area contributed by atoms with E-state index in [0.29, 0.717) is 17.8 Å². The third-order valence-electron chi connectivity index (χ3n) is 3.52. The number of nitrogen functional groups attached to an aromatic ring is 1. The molecule has 0 bridgehead atoms. The Hall–Kier alpha value is -1.56. The number of carbonyl (C=O) groups excluding carboxylic acids is 1. The minimum Gasteiger partial charge on any atom is -0.398 e. The van der Waals surface area contributed by atoms with Gasteiger partial charge < -0.3 is 11.1 Å². The van der Waals surface area contributed by atoms with E-state index in [0.717, 1.165) is 5.56 Å². The lowest BCUT2D eigenvalue weighted by atomic mass is 10.1. The molecule has 0 heterocycles. The highest BCUT2D eigenvalue weighted by Gasteiger charge is 2.28. The second-order valence-electron chi connectivity index (χ2n) is 5.70. The molecule has 0 saturated carbocycles. The van der Waals surface area contributed by atoms with Gasteiger partial charge in [-0.25, -0.2) is 8.42 Å². The summed E-state index contributed by atoms with van der Waals surface area (Å²) in [6.45, 7) is 7.11. The number of rotatable bonds is 6. The summed E-state index contributed by atoms with van der Waals surface area (Å²) in [7, 11) is -3.44. The van der Waals surface area contributed by atoms with Crippen molar-refractivity contribution >= 4 is 27.1 Å². The Morgan fingerprint density at radius 2 is 1.90 bits per heavy atom. The summed E-state index contributed by atoms with van der Waals surface area (Å²) in [5.74, 6) is -0.214. The summed E-state index contributed by atoms with van der Waals surface area (Å²) in [5.41, 5.74) is 7.61. The number of sulfone groups is 1. The minimum absolute atomic E-state index is 0.0230. The topological polar surface area (TPSA) is 89.3 Å². The van der Waals surface area contributed by atoms with E-state index in [4.69, 9.17) is 5.73 Å². The van der Waals surface area contributed by atoms with Crippen molar-refractivity contribution in [1.29, 1.82) is 0 Å². The molecule has 1 aromatic rings. The van der Waals surface area contributed by atoms with Crippen molar-refractivity contribution in [2.75, 3.05) is 16.8 Å². The van der Waals surface area contributed by atoms with E-state index in [1.54, 1.807) is 25.1 Å². The van der Waals surface area contributed by atoms with Crippen molar-refractivity contribution in [3.8, 4) is 0 Å². The molecule has 0 aliphatic carbocycles. The standard InChI is InChI=1S/C15H24N2O3S/c1-10(2)8-9-21(19,20)12(4)15(18)17-14-7-5-6-13(16)11(14)3/h5-7,10,12H,8-9,16H2,1-4H3,(H,17,18). The van der Waals surface area contributed by atoms with E-state index in [-0.39, 0.29) is 11.7 Å². The largest absolute Gasteiger partial charge is 0.398 e. The molecule has 0 spiro atoms. The van der Waals surface area contributed by atoms with E-state index >= 15 is 0 Å². The molecule has 0 fully saturated rings. The molecule has 118 valence electrons. The third kappa shape index (κ3) is 4.74. The molecule has 0 radical (unpaired) electrons. The van der Waals surface area contributed by atoms with E-state index in [1.807, 2.05) is 13.8 Å². The fraction of sp³-hybridized carbons (Fsp3) is 0.533. The zero-order chi connectivity index (χ0) is 16.2. The molecule has 0 aromatic heterocycles. The van der Waals surface area contributed by atoms with Crippen LogP contribution in [0.15, 0.2) is 18.2 Å². The number of nitrogens with one attached hydrogen (secondary N) is 1. The molecule has 1 aromatic carbocycles. The van der Waals surface area contributed by atoms with Gasteiger partial charge in [-0.1, -0.05) is 19.9 Å². The quantitative estimate of drug-likeness (QED) is 0.789. The summed E-state index contributed by atoms with van der Waals surface area (Å²) in [6.07, 6.45) is 0.553. The summed E-state index contributed by atoms with van der Waals surface area (Å²) >= 11 is 0. The number of amides is 1. The number of benzene rings is 1. The predicted molar refractivity (Wildman–Crippen MR) is 86.9 cm³/mol. The van der Waals surface area contributed by atoms with E-state index < -0.39 is 21.0 Å². The molecular formula is C15H24N2O3S. The van der Waals surface area contributed by atoms with Crippen molar-refractivity contribution < 1.29 is 13.2 Å². The van der Waals surface area contributed by atoms with Gasteiger partial charge in [0, 0.05) is 11.4 Å². The van der Waals surface area contributed by atoms with Gasteiger partial charge >= 0.3 is 0 Å². The van der Waals surface area contributed by atoms with Crippen LogP contribution in [-0.4, -0.2) is 25.3 Å². The smallest absolute Gasteiger partial charge is 0.242 e. The second-order valence-corrected chi connectivity index (χ2v) is 8.14. The van der Waals surface area contributed by atoms with Gasteiger partial charge in [-0.05, 0) is 43.9 Å². The van der Waals surface area contributed by atoms with Gasteiger partial charge in [0.2, 0.25) is 5.91 Å². The van der Waals surface area contributed by atoms with Crippen molar-refractivity contribution in [1.82, 2.24) is 0 Å². The maximum atomic E-state index is 12.1. The molecule has 1 unspecified atom stereocenters. The van der Waals surface area contributed by atoms with E-state index in [9.17, 15) is 13.2 Å². The molecule has 21 heavy (non-hydrogen) atoms. The summed E-state index contributed by atoms with van der Waals surface area (Å²) in [5, 5.41) is 1.57. The zero-order valence-corrected chi connectivity index (χ0v) is 13.8. The normalized spacial score (nSPS) is 13.2. The van der Waals surface area contributed by atoms with Crippen molar-refractivity contribution in [2.24, 2.45) is 5.92 Å². The molecule has 0 saturated heterocycles. The van der Waals surface area contributed by atoms with Crippen molar-refractivity contribution in [3.63, 3.8) is 0 Å². The second kappa shape index (κ2) is 6.93. The number of nitrogens with two attached hydrogens (primary N) is 1. The van der Waals surface area contributed by atoms with Crippen LogP contribution in [-0.2, 0) is 14.6 Å². The lowest BCUT2D eigenvalue weighted by molar-refractivity contribution is -0.115. The zero-order valence-electron chi connectivity index (χ0n) is 13.0. The Morgan fingerprint density at radius 3 is 2.48 bits per heavy atom. The first-order chi connectivity index (χ1) is 9.65. The third-order valence-corrected chi connectivity index (χ3v) is 5.62. The Morgan fingerprint density at radius 1 is 1.29 bits per heavy atom. The first-order valence-corrected chi connectivity index (χ1v) is 8.74. The summed E-state index contributed by atoms with van der Waals surface area (Å²) in [4.78, 5) is 12.1. The van der Waals surface area contributed by atoms with Crippen LogP contribution >= 0.6 is 0 Å². The highest BCUT2D eigenvalue weighted by atomic mass is 32.2. The van der Waals surface area contributed by atoms with Crippen LogP contribution in [0.25, 0.3) is 0 Å². The molecule has 1 atom stereocenters. The molecule has 0 aliphatic rings. The van der Waals surface area contributed by atoms with Gasteiger partial charge in [0.25, 0.3) is 0 Å². The lowest BCUT2D eigenvalue weighted by Gasteiger charge is -2.15. The maximum Gasteiger partial charge on any atom is 0.242 e. The van der Waals surface area contributed by atoms with Gasteiger partial charge in [-0.3, -0.25) is 4.79 Å².